The highest BCUT2D eigenvalue weighted by atomic mass is 19.4. The van der Waals surface area contributed by atoms with Crippen molar-refractivity contribution >= 4 is 11.9 Å². The molecular weight excluding hydrogens is 566 g/mol. The maximum Gasteiger partial charge on any atom is 0.422 e. The summed E-state index contributed by atoms with van der Waals surface area (Å²) < 4.78 is 194. The fraction of sp³-hybridized carbons (Fsp3) is 0.647. The quantitative estimate of drug-likeness (QED) is 0.122. The lowest BCUT2D eigenvalue weighted by molar-refractivity contribution is -0.363. The van der Waals surface area contributed by atoms with Crippen LogP contribution < -0.4 is 0 Å². The van der Waals surface area contributed by atoms with E-state index < -0.39 is 92.3 Å². The van der Waals surface area contributed by atoms with Gasteiger partial charge >= 0.3 is 48.4 Å². The average molecular weight is 580 g/mol. The monoisotopic (exact) mass is 580 g/mol. The van der Waals surface area contributed by atoms with E-state index in [1.807, 2.05) is 0 Å². The highest BCUT2D eigenvalue weighted by molar-refractivity contribution is 5.89. The molecule has 0 rings (SSSR count). The van der Waals surface area contributed by atoms with Crippen molar-refractivity contribution in [2.75, 3.05) is 26.4 Å². The summed E-state index contributed by atoms with van der Waals surface area (Å²) in [6, 6.07) is 0. The maximum absolute atomic E-state index is 13.4. The molecule has 0 unspecified atom stereocenters. The zero-order valence-corrected chi connectivity index (χ0v) is 17.7. The summed E-state index contributed by atoms with van der Waals surface area (Å²) in [6.07, 6.45) is -23.2. The third-order valence-corrected chi connectivity index (χ3v) is 3.65. The summed E-state index contributed by atoms with van der Waals surface area (Å²) in [6.45, 7) is -4.19. The third-order valence-electron chi connectivity index (χ3n) is 3.65. The molecule has 0 aliphatic carbocycles. The lowest BCUT2D eigenvalue weighted by Gasteiger charge is -2.27. The maximum atomic E-state index is 13.4. The molecule has 0 fully saturated rings. The predicted octanol–water partition coefficient (Wildman–Crippen LogP) is 5.19. The van der Waals surface area contributed by atoms with Crippen LogP contribution in [0.3, 0.4) is 0 Å². The van der Waals surface area contributed by atoms with Gasteiger partial charge in [0.1, 0.15) is 11.1 Å². The number of hydrogen-bond acceptors (Lipinski definition) is 6. The second kappa shape index (κ2) is 11.8. The molecule has 0 bridgehead atoms. The van der Waals surface area contributed by atoms with Crippen LogP contribution in [0.5, 0.6) is 0 Å². The lowest BCUT2D eigenvalue weighted by Crippen LogP contribution is -2.48. The van der Waals surface area contributed by atoms with Gasteiger partial charge in [-0.2, -0.15) is 61.5 Å². The predicted molar refractivity (Wildman–Crippen MR) is 88.6 cm³/mol. The molecule has 0 heterocycles. The Morgan fingerprint density at radius 3 is 1.05 bits per heavy atom. The molecule has 0 saturated carbocycles. The summed E-state index contributed by atoms with van der Waals surface area (Å²) in [5, 5.41) is 0. The minimum atomic E-state index is -5.58. The molecule has 0 aromatic heterocycles. The molecule has 0 aliphatic rings. The highest BCUT2D eigenvalue weighted by Crippen LogP contribution is 2.38. The van der Waals surface area contributed by atoms with Crippen LogP contribution in [0.15, 0.2) is 24.3 Å². The standard InChI is InChI=1S/C17H14F14O6/c1-8(14(22,23)24)10(32)34-6-12(18,19)16(28,29)36-4-3-5-37-17(30,31)13(20,21)7-35-11(33)9(2)15(25,26)27/h1-7H2. The number of rotatable bonds is 14. The van der Waals surface area contributed by atoms with Gasteiger partial charge in [-0.05, 0) is 6.42 Å². The molecule has 0 aromatic carbocycles. The SMILES string of the molecule is C=C(C(=O)OCC(F)(F)C(F)(F)OCCCOC(F)(F)C(F)(F)COC(=O)C(=C)C(F)(F)F)C(F)(F)F. The highest BCUT2D eigenvalue weighted by Gasteiger charge is 2.60. The van der Waals surface area contributed by atoms with Crippen molar-refractivity contribution in [2.24, 2.45) is 0 Å². The van der Waals surface area contributed by atoms with E-state index in [1.54, 1.807) is 0 Å². The Labute approximate surface area is 196 Å². The molecule has 0 amide bonds. The second-order valence-corrected chi connectivity index (χ2v) is 6.60. The van der Waals surface area contributed by atoms with E-state index >= 15 is 0 Å². The normalized spacial score (nSPS) is 13.8. The first-order chi connectivity index (χ1) is 16.3. The summed E-state index contributed by atoms with van der Waals surface area (Å²) in [7, 11) is 0. The van der Waals surface area contributed by atoms with Crippen molar-refractivity contribution in [2.45, 2.75) is 42.8 Å². The Morgan fingerprint density at radius 1 is 0.541 bits per heavy atom. The van der Waals surface area contributed by atoms with E-state index in [0.717, 1.165) is 0 Å². The molecule has 0 aliphatic heterocycles. The fourth-order valence-corrected chi connectivity index (χ4v) is 1.56. The van der Waals surface area contributed by atoms with Gasteiger partial charge in [0.25, 0.3) is 0 Å². The average Bonchev–Trinajstić information content (AvgIpc) is 2.72. The molecule has 0 spiro atoms. The Balaban J connectivity index is 4.76. The zero-order valence-electron chi connectivity index (χ0n) is 17.7. The van der Waals surface area contributed by atoms with E-state index in [4.69, 9.17) is 0 Å². The van der Waals surface area contributed by atoms with Gasteiger partial charge in [-0.15, -0.1) is 0 Å². The summed E-state index contributed by atoms with van der Waals surface area (Å²) in [5.74, 6) is -16.0. The minimum absolute atomic E-state index is 1.23. The van der Waals surface area contributed by atoms with Gasteiger partial charge in [0, 0.05) is 0 Å². The number of carbonyl (C=O) groups is 2. The van der Waals surface area contributed by atoms with Crippen molar-refractivity contribution in [3.63, 3.8) is 0 Å². The number of esters is 2. The lowest BCUT2D eigenvalue weighted by atomic mass is 10.3. The topological polar surface area (TPSA) is 71.1 Å². The van der Waals surface area contributed by atoms with Crippen LogP contribution in [0, 0.1) is 0 Å². The van der Waals surface area contributed by atoms with Crippen molar-refractivity contribution in [3.8, 4) is 0 Å². The molecule has 37 heavy (non-hydrogen) atoms. The number of carbonyl (C=O) groups excluding carboxylic acids is 2. The Hall–Kier alpha value is -2.64. The Bertz CT molecular complexity index is 778. The van der Waals surface area contributed by atoms with Gasteiger partial charge in [0.05, 0.1) is 13.2 Å². The van der Waals surface area contributed by atoms with Gasteiger partial charge in [-0.25, -0.2) is 9.59 Å². The molecule has 0 atom stereocenters. The number of alkyl halides is 14. The van der Waals surface area contributed by atoms with E-state index in [-0.39, 0.29) is 0 Å². The van der Waals surface area contributed by atoms with E-state index in [9.17, 15) is 71.1 Å². The first-order valence-electron chi connectivity index (χ1n) is 8.94. The molecule has 216 valence electrons. The van der Waals surface area contributed by atoms with Crippen LogP contribution in [0.4, 0.5) is 61.5 Å². The van der Waals surface area contributed by atoms with Crippen LogP contribution in [0.25, 0.3) is 0 Å². The number of halogens is 14. The number of ether oxygens (including phenoxy) is 4. The van der Waals surface area contributed by atoms with Crippen LogP contribution >= 0.6 is 0 Å². The van der Waals surface area contributed by atoms with Gasteiger partial charge in [0.2, 0.25) is 0 Å². The zero-order chi connectivity index (χ0) is 29.7. The van der Waals surface area contributed by atoms with Gasteiger partial charge < -0.3 is 18.9 Å². The smallest absolute Gasteiger partial charge is 0.422 e. The van der Waals surface area contributed by atoms with Crippen LogP contribution in [0.2, 0.25) is 0 Å². The second-order valence-electron chi connectivity index (χ2n) is 6.60. The summed E-state index contributed by atoms with van der Waals surface area (Å²) in [4.78, 5) is 21.8. The van der Waals surface area contributed by atoms with Crippen molar-refractivity contribution in [1.82, 2.24) is 0 Å². The molecule has 0 aromatic rings. The molecule has 0 radical (unpaired) electrons. The van der Waals surface area contributed by atoms with E-state index in [2.05, 4.69) is 32.1 Å². The Morgan fingerprint density at radius 2 is 0.811 bits per heavy atom. The largest absolute Gasteiger partial charge is 0.455 e. The molecule has 20 heteroatoms. The van der Waals surface area contributed by atoms with E-state index in [1.165, 1.54) is 0 Å². The molecule has 0 saturated heterocycles. The van der Waals surface area contributed by atoms with Gasteiger partial charge in [-0.1, -0.05) is 13.2 Å². The van der Waals surface area contributed by atoms with E-state index in [0.29, 0.717) is 0 Å². The van der Waals surface area contributed by atoms with Crippen LogP contribution in [-0.2, 0) is 28.5 Å². The van der Waals surface area contributed by atoms with Gasteiger partial charge in [0.15, 0.2) is 13.2 Å². The fourth-order valence-electron chi connectivity index (χ4n) is 1.56. The minimum Gasteiger partial charge on any atom is -0.455 e. The van der Waals surface area contributed by atoms with Gasteiger partial charge in [-0.3, -0.25) is 0 Å². The van der Waals surface area contributed by atoms with Crippen LogP contribution in [0.1, 0.15) is 6.42 Å². The van der Waals surface area contributed by atoms with Crippen molar-refractivity contribution in [1.29, 1.82) is 0 Å². The van der Waals surface area contributed by atoms with Crippen molar-refractivity contribution < 1.29 is 90.0 Å². The molecule has 0 N–H and O–H groups in total. The first kappa shape index (κ1) is 34.4. The van der Waals surface area contributed by atoms with Crippen molar-refractivity contribution in [3.05, 3.63) is 24.3 Å². The first-order valence-corrected chi connectivity index (χ1v) is 8.94. The number of hydrogen-bond donors (Lipinski definition) is 0. The Kier molecular flexibility index (Phi) is 11.0. The van der Waals surface area contributed by atoms with Crippen LogP contribution in [-0.4, -0.2) is 74.8 Å². The third kappa shape index (κ3) is 9.97. The summed E-state index contributed by atoms with van der Waals surface area (Å²) in [5.41, 5.74) is -4.61. The molecular formula is C17H14F14O6. The molecule has 6 nitrogen and oxygen atoms in total. The summed E-state index contributed by atoms with van der Waals surface area (Å²) >= 11 is 0.